The van der Waals surface area contributed by atoms with Crippen LogP contribution in [0.15, 0.2) is 54.6 Å². The number of quaternary nitrogens is 1. The van der Waals surface area contributed by atoms with Gasteiger partial charge in [-0.2, -0.15) is 0 Å². The number of hydrogen-bond acceptors (Lipinski definition) is 2. The van der Waals surface area contributed by atoms with Gasteiger partial charge in [-0.1, -0.05) is 48.5 Å². The second-order valence-corrected chi connectivity index (χ2v) is 6.99. The average Bonchev–Trinajstić information content (AvgIpc) is 2.64. The molecule has 0 saturated carbocycles. The zero-order valence-corrected chi connectivity index (χ0v) is 14.9. The topological polar surface area (TPSA) is 76.6 Å². The van der Waals surface area contributed by atoms with E-state index in [-0.39, 0.29) is 17.7 Å². The van der Waals surface area contributed by atoms with Crippen LogP contribution in [-0.2, 0) is 16.0 Å². The highest BCUT2D eigenvalue weighted by atomic mass is 16.2. The first-order chi connectivity index (χ1) is 12.6. The summed E-state index contributed by atoms with van der Waals surface area (Å²) in [7, 11) is 0. The largest absolute Gasteiger partial charge is 0.369 e. The van der Waals surface area contributed by atoms with E-state index in [0.29, 0.717) is 13.1 Å². The van der Waals surface area contributed by atoms with E-state index >= 15 is 0 Å². The molecule has 1 heterocycles. The number of likely N-dealkylation sites (tertiary alicyclic amines) is 1. The zero-order chi connectivity index (χ0) is 18.4. The first-order valence-electron chi connectivity index (χ1n) is 9.16. The van der Waals surface area contributed by atoms with Crippen molar-refractivity contribution in [1.82, 2.24) is 0 Å². The third-order valence-corrected chi connectivity index (χ3v) is 4.96. The number of anilines is 1. The summed E-state index contributed by atoms with van der Waals surface area (Å²) >= 11 is 0. The second-order valence-electron chi connectivity index (χ2n) is 6.99. The van der Waals surface area contributed by atoms with Crippen LogP contribution in [0.3, 0.4) is 0 Å². The smallest absolute Gasteiger partial charge is 0.279 e. The van der Waals surface area contributed by atoms with Gasteiger partial charge < -0.3 is 16.0 Å². The van der Waals surface area contributed by atoms with Gasteiger partial charge in [-0.3, -0.25) is 9.59 Å². The Kier molecular flexibility index (Phi) is 6.02. The van der Waals surface area contributed by atoms with Gasteiger partial charge in [0, 0.05) is 5.69 Å². The summed E-state index contributed by atoms with van der Waals surface area (Å²) in [6.45, 7) is 1.92. The summed E-state index contributed by atoms with van der Waals surface area (Å²) in [5.41, 5.74) is 8.58. The van der Waals surface area contributed by atoms with E-state index in [1.165, 1.54) is 5.56 Å². The zero-order valence-electron chi connectivity index (χ0n) is 14.9. The predicted molar refractivity (Wildman–Crippen MR) is 102 cm³/mol. The van der Waals surface area contributed by atoms with Crippen molar-refractivity contribution in [1.29, 1.82) is 0 Å². The molecule has 0 spiro atoms. The quantitative estimate of drug-likeness (QED) is 0.725. The average molecular weight is 352 g/mol. The number of primary amides is 1. The van der Waals surface area contributed by atoms with E-state index in [1.807, 2.05) is 42.5 Å². The number of benzene rings is 2. The van der Waals surface area contributed by atoms with E-state index in [0.717, 1.165) is 42.0 Å². The van der Waals surface area contributed by atoms with Crippen LogP contribution in [0.4, 0.5) is 5.69 Å². The normalized spacial score (nSPS) is 19.7. The Morgan fingerprint density at radius 1 is 1.08 bits per heavy atom. The second kappa shape index (κ2) is 8.63. The van der Waals surface area contributed by atoms with E-state index in [1.54, 1.807) is 0 Å². The molecule has 2 aromatic carbocycles. The molecule has 0 bridgehead atoms. The number of nitrogens with two attached hydrogens (primary N) is 1. The lowest BCUT2D eigenvalue weighted by Gasteiger charge is -2.27. The molecular weight excluding hydrogens is 326 g/mol. The standard InChI is InChI=1S/C21H25N3O2/c22-21(26)18-10-6-12-24(14-18)15-20(25)23-19-11-5-4-9-17(19)13-16-7-2-1-3-8-16/h1-5,7-9,11,18H,6,10,12-15H2,(H2,22,26)(H,23,25)/p+1/t18-/m0/s1. The number of amides is 2. The minimum Gasteiger partial charge on any atom is -0.369 e. The van der Waals surface area contributed by atoms with Crippen LogP contribution in [0.2, 0.25) is 0 Å². The Morgan fingerprint density at radius 3 is 2.58 bits per heavy atom. The number of para-hydroxylation sites is 1. The van der Waals surface area contributed by atoms with Gasteiger partial charge in [0.1, 0.15) is 0 Å². The maximum Gasteiger partial charge on any atom is 0.279 e. The van der Waals surface area contributed by atoms with Gasteiger partial charge in [-0.25, -0.2) is 0 Å². The molecule has 2 aromatic rings. The van der Waals surface area contributed by atoms with Gasteiger partial charge in [0.15, 0.2) is 6.54 Å². The Morgan fingerprint density at radius 2 is 1.81 bits per heavy atom. The number of hydrogen-bond donors (Lipinski definition) is 3. The number of nitrogens with one attached hydrogen (secondary N) is 2. The van der Waals surface area contributed by atoms with Gasteiger partial charge in [0.25, 0.3) is 5.91 Å². The van der Waals surface area contributed by atoms with Crippen LogP contribution in [0.5, 0.6) is 0 Å². The molecule has 4 N–H and O–H groups in total. The Bertz CT molecular complexity index is 761. The lowest BCUT2D eigenvalue weighted by Crippen LogP contribution is -3.14. The van der Waals surface area contributed by atoms with Crippen molar-refractivity contribution in [2.45, 2.75) is 19.3 Å². The van der Waals surface area contributed by atoms with Crippen LogP contribution in [0.25, 0.3) is 0 Å². The van der Waals surface area contributed by atoms with Crippen LogP contribution < -0.4 is 16.0 Å². The molecule has 1 aliphatic rings. The highest BCUT2D eigenvalue weighted by molar-refractivity contribution is 5.92. The summed E-state index contributed by atoms with van der Waals surface area (Å²) in [5.74, 6) is -0.390. The van der Waals surface area contributed by atoms with E-state index < -0.39 is 0 Å². The highest BCUT2D eigenvalue weighted by Gasteiger charge is 2.28. The Labute approximate surface area is 154 Å². The molecule has 1 fully saturated rings. The monoisotopic (exact) mass is 352 g/mol. The fraction of sp³-hybridized carbons (Fsp3) is 0.333. The third-order valence-electron chi connectivity index (χ3n) is 4.96. The van der Waals surface area contributed by atoms with Crippen molar-refractivity contribution in [3.05, 3.63) is 65.7 Å². The minimum atomic E-state index is -0.254. The first kappa shape index (κ1) is 18.1. The van der Waals surface area contributed by atoms with Crippen molar-refractivity contribution in [3.8, 4) is 0 Å². The summed E-state index contributed by atoms with van der Waals surface area (Å²) in [6, 6.07) is 18.1. The van der Waals surface area contributed by atoms with Gasteiger partial charge in [-0.05, 0) is 36.5 Å². The SMILES string of the molecule is NC(=O)[C@H]1CCC[NH+](CC(=O)Nc2ccccc2Cc2ccccc2)C1. The molecule has 1 saturated heterocycles. The molecule has 136 valence electrons. The molecule has 1 unspecified atom stereocenters. The summed E-state index contributed by atoms with van der Waals surface area (Å²) in [5, 5.41) is 3.05. The fourth-order valence-electron chi connectivity index (χ4n) is 3.59. The maximum absolute atomic E-state index is 12.5. The maximum atomic E-state index is 12.5. The van der Waals surface area contributed by atoms with Crippen LogP contribution in [0, 0.1) is 5.92 Å². The van der Waals surface area contributed by atoms with Crippen molar-refractivity contribution in [3.63, 3.8) is 0 Å². The van der Waals surface area contributed by atoms with Gasteiger partial charge in [0.05, 0.1) is 19.0 Å². The summed E-state index contributed by atoms with van der Waals surface area (Å²) < 4.78 is 0. The fourth-order valence-corrected chi connectivity index (χ4v) is 3.59. The molecule has 0 aromatic heterocycles. The molecule has 5 heteroatoms. The lowest BCUT2D eigenvalue weighted by molar-refractivity contribution is -0.899. The molecule has 26 heavy (non-hydrogen) atoms. The molecule has 3 rings (SSSR count). The number of piperidine rings is 1. The molecule has 2 atom stereocenters. The van der Waals surface area contributed by atoms with E-state index in [9.17, 15) is 9.59 Å². The molecule has 0 aliphatic carbocycles. The molecular formula is C21H26N3O2+. The Balaban J connectivity index is 1.62. The van der Waals surface area contributed by atoms with Gasteiger partial charge in [-0.15, -0.1) is 0 Å². The van der Waals surface area contributed by atoms with E-state index in [4.69, 9.17) is 5.73 Å². The first-order valence-corrected chi connectivity index (χ1v) is 9.16. The van der Waals surface area contributed by atoms with Crippen LogP contribution >= 0.6 is 0 Å². The molecule has 5 nitrogen and oxygen atoms in total. The van der Waals surface area contributed by atoms with Crippen molar-refractivity contribution in [2.75, 3.05) is 25.0 Å². The van der Waals surface area contributed by atoms with Gasteiger partial charge >= 0.3 is 0 Å². The van der Waals surface area contributed by atoms with Crippen LogP contribution in [0.1, 0.15) is 24.0 Å². The van der Waals surface area contributed by atoms with Crippen LogP contribution in [-0.4, -0.2) is 31.4 Å². The summed E-state index contributed by atoms with van der Waals surface area (Å²) in [6.07, 6.45) is 2.54. The predicted octanol–water partition coefficient (Wildman–Crippen LogP) is 0.996. The molecule has 1 aliphatic heterocycles. The number of carbonyl (C=O) groups excluding carboxylic acids is 2. The lowest BCUT2D eigenvalue weighted by atomic mass is 9.97. The summed E-state index contributed by atoms with van der Waals surface area (Å²) in [4.78, 5) is 25.0. The highest BCUT2D eigenvalue weighted by Crippen LogP contribution is 2.19. The van der Waals surface area contributed by atoms with Crippen molar-refractivity contribution in [2.24, 2.45) is 11.7 Å². The molecule has 0 radical (unpaired) electrons. The van der Waals surface area contributed by atoms with Gasteiger partial charge in [0.2, 0.25) is 5.91 Å². The molecule has 2 amide bonds. The minimum absolute atomic E-state index is 0.0226. The number of rotatable bonds is 6. The van der Waals surface area contributed by atoms with Crippen molar-refractivity contribution >= 4 is 17.5 Å². The van der Waals surface area contributed by atoms with Crippen molar-refractivity contribution < 1.29 is 14.5 Å². The third kappa shape index (κ3) is 4.92. The Hall–Kier alpha value is -2.66. The number of carbonyl (C=O) groups is 2. The van der Waals surface area contributed by atoms with E-state index in [2.05, 4.69) is 17.4 Å².